The largest absolute Gasteiger partial charge is 0.453 e. The number of ether oxygens (including phenoxy) is 1. The minimum Gasteiger partial charge on any atom is -0.453 e. The lowest BCUT2D eigenvalue weighted by Crippen LogP contribution is -2.46. The average molecular weight is 419 g/mol. The Balaban J connectivity index is 1.67. The molecule has 1 fully saturated rings. The Morgan fingerprint density at radius 1 is 1.10 bits per heavy atom. The van der Waals surface area contributed by atoms with E-state index in [-0.39, 0.29) is 17.6 Å². The molecule has 9 nitrogen and oxygen atoms in total. The molecule has 3 amide bonds. The van der Waals surface area contributed by atoms with Crippen molar-refractivity contribution in [2.45, 2.75) is 18.9 Å². The second kappa shape index (κ2) is 9.25. The number of piperidine rings is 1. The highest BCUT2D eigenvalue weighted by Crippen LogP contribution is 2.16. The Hall–Kier alpha value is -3.63. The van der Waals surface area contributed by atoms with E-state index in [9.17, 15) is 23.2 Å². The fourth-order valence-corrected chi connectivity index (χ4v) is 3.03. The number of carbonyl (C=O) groups is 3. The second-order valence-electron chi connectivity index (χ2n) is 6.54. The highest BCUT2D eigenvalue weighted by atomic mass is 19.1. The topological polar surface area (TPSA) is 114 Å². The number of halogens is 2. The maximum atomic E-state index is 13.8. The molecule has 1 aliphatic heterocycles. The van der Waals surface area contributed by atoms with Gasteiger partial charge in [0.05, 0.1) is 12.7 Å². The van der Waals surface area contributed by atoms with E-state index in [0.717, 1.165) is 12.1 Å². The maximum Gasteiger partial charge on any atom is 0.409 e. The molecule has 0 saturated carbocycles. The molecular weight excluding hydrogens is 400 g/mol. The molecule has 1 saturated heterocycles. The van der Waals surface area contributed by atoms with Crippen molar-refractivity contribution in [2.75, 3.05) is 25.5 Å². The first-order chi connectivity index (χ1) is 14.4. The molecule has 3 rings (SSSR count). The molecule has 11 heteroatoms. The summed E-state index contributed by atoms with van der Waals surface area (Å²) in [5, 5.41) is 5.12. The minimum atomic E-state index is -1.04. The molecule has 0 unspecified atom stereocenters. The van der Waals surface area contributed by atoms with E-state index in [1.165, 1.54) is 24.4 Å². The number of carbonyl (C=O) groups excluding carboxylic acids is 3. The lowest BCUT2D eigenvalue weighted by molar-refractivity contribution is 0.0888. The molecular formula is C19H19F2N5O4. The number of nitrogens with one attached hydrogen (secondary N) is 2. The summed E-state index contributed by atoms with van der Waals surface area (Å²) in [5.41, 5.74) is -0.549. The van der Waals surface area contributed by atoms with Gasteiger partial charge in [0.15, 0.2) is 11.5 Å². The van der Waals surface area contributed by atoms with E-state index < -0.39 is 35.1 Å². The third-order valence-electron chi connectivity index (χ3n) is 4.58. The van der Waals surface area contributed by atoms with Gasteiger partial charge in [-0.15, -0.1) is 0 Å². The van der Waals surface area contributed by atoms with Crippen LogP contribution in [0.2, 0.25) is 0 Å². The Morgan fingerprint density at radius 3 is 2.47 bits per heavy atom. The van der Waals surface area contributed by atoms with E-state index in [1.807, 2.05) is 0 Å². The summed E-state index contributed by atoms with van der Waals surface area (Å²) in [6.07, 6.45) is 3.16. The van der Waals surface area contributed by atoms with Crippen LogP contribution in [0.1, 0.15) is 33.7 Å². The van der Waals surface area contributed by atoms with Crippen LogP contribution < -0.4 is 10.6 Å². The molecule has 1 aromatic heterocycles. The highest BCUT2D eigenvalue weighted by Gasteiger charge is 2.26. The number of amides is 3. The predicted molar refractivity (Wildman–Crippen MR) is 101 cm³/mol. The molecule has 2 aromatic rings. The summed E-state index contributed by atoms with van der Waals surface area (Å²) in [6, 6.07) is 2.31. The standard InChI is InChI=1S/C19H19F2N5O4/c1-30-19(29)26-8-4-12(5-9-26)24-18(28)15-16(23-7-6-22-15)25-17(27)13-3-2-11(20)10-14(13)21/h2-3,6-7,10,12H,4-5,8-9H2,1H3,(H,24,28)(H,23,25,27). The molecule has 1 aliphatic rings. The lowest BCUT2D eigenvalue weighted by Gasteiger charge is -2.31. The van der Waals surface area contributed by atoms with Gasteiger partial charge in [0.2, 0.25) is 0 Å². The van der Waals surface area contributed by atoms with E-state index in [0.29, 0.717) is 32.0 Å². The molecule has 0 atom stereocenters. The summed E-state index contributed by atoms with van der Waals surface area (Å²) in [7, 11) is 1.30. The summed E-state index contributed by atoms with van der Waals surface area (Å²) < 4.78 is 31.5. The van der Waals surface area contributed by atoms with E-state index in [1.54, 1.807) is 0 Å². The van der Waals surface area contributed by atoms with Crippen molar-refractivity contribution >= 4 is 23.7 Å². The Labute approximate surface area is 170 Å². The molecule has 0 radical (unpaired) electrons. The third-order valence-corrected chi connectivity index (χ3v) is 4.58. The van der Waals surface area contributed by atoms with Gasteiger partial charge in [-0.05, 0) is 25.0 Å². The fraction of sp³-hybridized carbons (Fsp3) is 0.316. The number of anilines is 1. The first-order valence-electron chi connectivity index (χ1n) is 9.10. The molecule has 1 aromatic carbocycles. The molecule has 2 heterocycles. The third kappa shape index (κ3) is 4.85. The number of rotatable bonds is 4. The molecule has 158 valence electrons. The van der Waals surface area contributed by atoms with Crippen molar-refractivity contribution in [1.29, 1.82) is 0 Å². The van der Waals surface area contributed by atoms with Crippen molar-refractivity contribution in [3.05, 3.63) is 53.5 Å². The van der Waals surface area contributed by atoms with Crippen LogP contribution in [0.3, 0.4) is 0 Å². The van der Waals surface area contributed by atoms with Gasteiger partial charge in [0.1, 0.15) is 11.6 Å². The quantitative estimate of drug-likeness (QED) is 0.783. The van der Waals surface area contributed by atoms with Crippen molar-refractivity contribution in [1.82, 2.24) is 20.2 Å². The maximum absolute atomic E-state index is 13.8. The zero-order valence-corrected chi connectivity index (χ0v) is 16.0. The molecule has 2 N–H and O–H groups in total. The number of aromatic nitrogens is 2. The number of likely N-dealkylation sites (tertiary alicyclic amines) is 1. The van der Waals surface area contributed by atoms with Gasteiger partial charge in [-0.3, -0.25) is 9.59 Å². The first kappa shape index (κ1) is 21.1. The Bertz CT molecular complexity index is 964. The van der Waals surface area contributed by atoms with Gasteiger partial charge in [-0.1, -0.05) is 0 Å². The van der Waals surface area contributed by atoms with Gasteiger partial charge in [-0.25, -0.2) is 23.5 Å². The van der Waals surface area contributed by atoms with E-state index in [4.69, 9.17) is 0 Å². The van der Waals surface area contributed by atoms with Gasteiger partial charge >= 0.3 is 6.09 Å². The van der Waals surface area contributed by atoms with Crippen molar-refractivity contribution < 1.29 is 27.9 Å². The van der Waals surface area contributed by atoms with Gasteiger partial charge in [-0.2, -0.15) is 0 Å². The summed E-state index contributed by atoms with van der Waals surface area (Å²) >= 11 is 0. The van der Waals surface area contributed by atoms with E-state index >= 15 is 0 Å². The number of benzene rings is 1. The smallest absolute Gasteiger partial charge is 0.409 e. The monoisotopic (exact) mass is 419 g/mol. The van der Waals surface area contributed by atoms with Crippen molar-refractivity contribution in [3.63, 3.8) is 0 Å². The lowest BCUT2D eigenvalue weighted by atomic mass is 10.1. The van der Waals surface area contributed by atoms with Crippen LogP contribution in [0, 0.1) is 11.6 Å². The van der Waals surface area contributed by atoms with Crippen LogP contribution in [0.5, 0.6) is 0 Å². The number of hydrogen-bond acceptors (Lipinski definition) is 6. The second-order valence-corrected chi connectivity index (χ2v) is 6.54. The number of methoxy groups -OCH3 is 1. The minimum absolute atomic E-state index is 0.149. The van der Waals surface area contributed by atoms with Gasteiger partial charge in [0, 0.05) is 37.6 Å². The fourth-order valence-electron chi connectivity index (χ4n) is 3.03. The first-order valence-corrected chi connectivity index (χ1v) is 9.10. The van der Waals surface area contributed by atoms with Gasteiger partial charge in [0.25, 0.3) is 11.8 Å². The average Bonchev–Trinajstić information content (AvgIpc) is 2.74. The molecule has 0 aliphatic carbocycles. The zero-order chi connectivity index (χ0) is 21.7. The van der Waals surface area contributed by atoms with Crippen LogP contribution in [0.25, 0.3) is 0 Å². The van der Waals surface area contributed by atoms with Crippen molar-refractivity contribution in [2.24, 2.45) is 0 Å². The summed E-state index contributed by atoms with van der Waals surface area (Å²) in [4.78, 5) is 45.9. The van der Waals surface area contributed by atoms with Crippen LogP contribution in [-0.4, -0.2) is 59.0 Å². The number of hydrogen-bond donors (Lipinski definition) is 2. The molecule has 0 spiro atoms. The van der Waals surface area contributed by atoms with Crippen molar-refractivity contribution in [3.8, 4) is 0 Å². The van der Waals surface area contributed by atoms with Crippen LogP contribution in [-0.2, 0) is 4.74 Å². The molecule has 0 bridgehead atoms. The Morgan fingerprint density at radius 2 is 1.80 bits per heavy atom. The zero-order valence-electron chi connectivity index (χ0n) is 16.0. The Kier molecular flexibility index (Phi) is 6.50. The predicted octanol–water partition coefficient (Wildman–Crippen LogP) is 1.97. The normalized spacial score (nSPS) is 14.2. The summed E-state index contributed by atoms with van der Waals surface area (Å²) in [6.45, 7) is 0.844. The van der Waals surface area contributed by atoms with Crippen LogP contribution in [0.15, 0.2) is 30.6 Å². The number of nitrogens with zero attached hydrogens (tertiary/aromatic N) is 3. The van der Waals surface area contributed by atoms with Crippen LogP contribution >= 0.6 is 0 Å². The van der Waals surface area contributed by atoms with Crippen LogP contribution in [0.4, 0.5) is 19.4 Å². The molecule has 30 heavy (non-hydrogen) atoms. The SMILES string of the molecule is COC(=O)N1CCC(NC(=O)c2nccnc2NC(=O)c2ccc(F)cc2F)CC1. The van der Waals surface area contributed by atoms with Gasteiger partial charge < -0.3 is 20.3 Å². The van der Waals surface area contributed by atoms with E-state index in [2.05, 4.69) is 25.3 Å². The summed E-state index contributed by atoms with van der Waals surface area (Å²) in [5.74, 6) is -3.49. The highest BCUT2D eigenvalue weighted by molar-refractivity contribution is 6.07.